The number of hydrogen-bond donors (Lipinski definition) is 1. The van der Waals surface area contributed by atoms with Crippen LogP contribution in [0.4, 0.5) is 5.13 Å². The molecule has 0 aliphatic carbocycles. The Morgan fingerprint density at radius 3 is 3.17 bits per heavy atom. The number of nitrogens with zero attached hydrogens (tertiary/aromatic N) is 2. The van der Waals surface area contributed by atoms with Crippen LogP contribution in [0.5, 0.6) is 0 Å². The molecule has 1 fully saturated rings. The standard InChI is InChI=1S/C13H20N2O2S/c1-10-5-3-2-4-8-15(10)13-14-11(9-18-13)6-7-12(16)17/h9-10H,2-8H2,1H3,(H,16,17). The number of carboxylic acids is 1. The fourth-order valence-electron chi connectivity index (χ4n) is 2.34. The number of aromatic nitrogens is 1. The smallest absolute Gasteiger partial charge is 0.303 e. The van der Waals surface area contributed by atoms with Crippen LogP contribution in [-0.4, -0.2) is 28.6 Å². The zero-order chi connectivity index (χ0) is 13.0. The Morgan fingerprint density at radius 1 is 1.56 bits per heavy atom. The van der Waals surface area contributed by atoms with Crippen molar-refractivity contribution in [3.05, 3.63) is 11.1 Å². The molecule has 1 unspecified atom stereocenters. The summed E-state index contributed by atoms with van der Waals surface area (Å²) < 4.78 is 0. The first-order chi connectivity index (χ1) is 8.66. The third kappa shape index (κ3) is 3.45. The summed E-state index contributed by atoms with van der Waals surface area (Å²) in [4.78, 5) is 17.5. The minimum absolute atomic E-state index is 0.165. The third-order valence-electron chi connectivity index (χ3n) is 3.43. The molecule has 5 heteroatoms. The molecule has 0 saturated carbocycles. The fourth-order valence-corrected chi connectivity index (χ4v) is 3.33. The van der Waals surface area contributed by atoms with Crippen molar-refractivity contribution >= 4 is 22.4 Å². The number of rotatable bonds is 4. The number of aliphatic carboxylic acids is 1. The minimum atomic E-state index is -0.757. The van der Waals surface area contributed by atoms with Gasteiger partial charge < -0.3 is 10.0 Å². The summed E-state index contributed by atoms with van der Waals surface area (Å²) in [6.45, 7) is 3.33. The van der Waals surface area contributed by atoms with Crippen molar-refractivity contribution < 1.29 is 9.90 Å². The molecule has 1 aliphatic heterocycles. The Hall–Kier alpha value is -1.10. The van der Waals surface area contributed by atoms with Crippen molar-refractivity contribution in [2.45, 2.75) is 51.5 Å². The summed E-state index contributed by atoms with van der Waals surface area (Å²) in [5.41, 5.74) is 0.911. The van der Waals surface area contributed by atoms with Crippen LogP contribution in [0.25, 0.3) is 0 Å². The van der Waals surface area contributed by atoms with Gasteiger partial charge in [-0.2, -0.15) is 0 Å². The summed E-state index contributed by atoms with van der Waals surface area (Å²) in [7, 11) is 0. The monoisotopic (exact) mass is 268 g/mol. The Morgan fingerprint density at radius 2 is 2.39 bits per heavy atom. The molecule has 0 bridgehead atoms. The van der Waals surface area contributed by atoms with Gasteiger partial charge >= 0.3 is 5.97 Å². The van der Waals surface area contributed by atoms with E-state index in [1.807, 2.05) is 5.38 Å². The van der Waals surface area contributed by atoms with E-state index >= 15 is 0 Å². The first-order valence-corrected chi connectivity index (χ1v) is 7.47. The van der Waals surface area contributed by atoms with E-state index < -0.39 is 5.97 Å². The van der Waals surface area contributed by atoms with Crippen molar-refractivity contribution in [2.75, 3.05) is 11.4 Å². The zero-order valence-corrected chi connectivity index (χ0v) is 11.6. The highest BCUT2D eigenvalue weighted by Crippen LogP contribution is 2.27. The number of carboxylic acid groups (broad SMARTS) is 1. The summed E-state index contributed by atoms with van der Waals surface area (Å²) >= 11 is 1.64. The topological polar surface area (TPSA) is 53.4 Å². The van der Waals surface area contributed by atoms with Gasteiger partial charge in [-0.3, -0.25) is 4.79 Å². The summed E-state index contributed by atoms with van der Waals surface area (Å²) in [5, 5.41) is 11.7. The molecule has 0 aromatic carbocycles. The van der Waals surface area contributed by atoms with E-state index in [1.165, 1.54) is 25.7 Å². The van der Waals surface area contributed by atoms with E-state index in [2.05, 4.69) is 16.8 Å². The maximum atomic E-state index is 10.5. The van der Waals surface area contributed by atoms with Gasteiger partial charge in [-0.15, -0.1) is 11.3 Å². The molecule has 0 spiro atoms. The van der Waals surface area contributed by atoms with Crippen LogP contribution >= 0.6 is 11.3 Å². The highest BCUT2D eigenvalue weighted by molar-refractivity contribution is 7.13. The maximum Gasteiger partial charge on any atom is 0.303 e. The van der Waals surface area contributed by atoms with E-state index in [4.69, 9.17) is 5.11 Å². The molecule has 4 nitrogen and oxygen atoms in total. The molecule has 1 aliphatic rings. The van der Waals surface area contributed by atoms with Crippen LogP contribution in [0, 0.1) is 0 Å². The van der Waals surface area contributed by atoms with Crippen LogP contribution in [0.1, 0.15) is 44.7 Å². The predicted molar refractivity (Wildman–Crippen MR) is 73.3 cm³/mol. The Balaban J connectivity index is 2.01. The molecule has 1 atom stereocenters. The second-order valence-electron chi connectivity index (χ2n) is 4.91. The molecule has 0 radical (unpaired) electrons. The van der Waals surface area contributed by atoms with E-state index in [1.54, 1.807) is 11.3 Å². The number of hydrogen-bond acceptors (Lipinski definition) is 4. The minimum Gasteiger partial charge on any atom is -0.481 e. The maximum absolute atomic E-state index is 10.5. The quantitative estimate of drug-likeness (QED) is 0.912. The summed E-state index contributed by atoms with van der Waals surface area (Å²) in [5.74, 6) is -0.757. The molecule has 1 aromatic heterocycles. The number of carbonyl (C=O) groups is 1. The fraction of sp³-hybridized carbons (Fsp3) is 0.692. The number of anilines is 1. The van der Waals surface area contributed by atoms with Crippen LogP contribution in [0.2, 0.25) is 0 Å². The lowest BCUT2D eigenvalue weighted by molar-refractivity contribution is -0.136. The van der Waals surface area contributed by atoms with Gasteiger partial charge in [-0.1, -0.05) is 12.8 Å². The lowest BCUT2D eigenvalue weighted by Crippen LogP contribution is -2.32. The van der Waals surface area contributed by atoms with E-state index in [0.29, 0.717) is 12.5 Å². The molecule has 1 saturated heterocycles. The molecular weight excluding hydrogens is 248 g/mol. The van der Waals surface area contributed by atoms with E-state index in [-0.39, 0.29) is 6.42 Å². The normalized spacial score (nSPS) is 20.7. The van der Waals surface area contributed by atoms with Crippen LogP contribution < -0.4 is 4.90 Å². The molecule has 1 aromatic rings. The van der Waals surface area contributed by atoms with Crippen LogP contribution in [0.3, 0.4) is 0 Å². The Labute approximate surface area is 112 Å². The molecule has 2 rings (SSSR count). The van der Waals surface area contributed by atoms with Gasteiger partial charge in [0.05, 0.1) is 12.1 Å². The highest BCUT2D eigenvalue weighted by atomic mass is 32.1. The molecule has 1 N–H and O–H groups in total. The van der Waals surface area contributed by atoms with Crippen molar-refractivity contribution in [3.8, 4) is 0 Å². The Kier molecular flexibility index (Phi) is 4.58. The third-order valence-corrected chi connectivity index (χ3v) is 4.36. The Bertz CT molecular complexity index is 405. The predicted octanol–water partition coefficient (Wildman–Crippen LogP) is 2.93. The SMILES string of the molecule is CC1CCCCCN1c1nc(CCC(=O)O)cs1. The lowest BCUT2D eigenvalue weighted by atomic mass is 10.1. The van der Waals surface area contributed by atoms with Crippen molar-refractivity contribution in [3.63, 3.8) is 0 Å². The van der Waals surface area contributed by atoms with Gasteiger partial charge in [-0.25, -0.2) is 4.98 Å². The molecule has 18 heavy (non-hydrogen) atoms. The van der Waals surface area contributed by atoms with Gasteiger partial charge in [-0.05, 0) is 19.8 Å². The van der Waals surface area contributed by atoms with Crippen LogP contribution in [-0.2, 0) is 11.2 Å². The summed E-state index contributed by atoms with van der Waals surface area (Å²) in [6.07, 6.45) is 5.76. The summed E-state index contributed by atoms with van der Waals surface area (Å²) in [6, 6.07) is 0.547. The molecule has 2 heterocycles. The van der Waals surface area contributed by atoms with E-state index in [0.717, 1.165) is 17.4 Å². The largest absolute Gasteiger partial charge is 0.481 e. The zero-order valence-electron chi connectivity index (χ0n) is 10.8. The van der Waals surface area contributed by atoms with Gasteiger partial charge in [0.2, 0.25) is 0 Å². The molecule has 0 amide bonds. The van der Waals surface area contributed by atoms with Gasteiger partial charge in [0.15, 0.2) is 5.13 Å². The average Bonchev–Trinajstić information content (AvgIpc) is 2.69. The highest BCUT2D eigenvalue weighted by Gasteiger charge is 2.19. The second-order valence-corrected chi connectivity index (χ2v) is 5.74. The molecule has 100 valence electrons. The number of thiazole rings is 1. The first kappa shape index (κ1) is 13.3. The van der Waals surface area contributed by atoms with Gasteiger partial charge in [0.1, 0.15) is 0 Å². The van der Waals surface area contributed by atoms with Crippen LogP contribution in [0.15, 0.2) is 5.38 Å². The first-order valence-electron chi connectivity index (χ1n) is 6.59. The lowest BCUT2D eigenvalue weighted by Gasteiger charge is -2.26. The van der Waals surface area contributed by atoms with Crippen molar-refractivity contribution in [1.29, 1.82) is 0 Å². The second kappa shape index (κ2) is 6.18. The average molecular weight is 268 g/mol. The van der Waals surface area contributed by atoms with Gasteiger partial charge in [0.25, 0.3) is 0 Å². The van der Waals surface area contributed by atoms with Gasteiger partial charge in [0, 0.05) is 24.4 Å². The van der Waals surface area contributed by atoms with Crippen molar-refractivity contribution in [2.24, 2.45) is 0 Å². The van der Waals surface area contributed by atoms with E-state index in [9.17, 15) is 4.79 Å². The van der Waals surface area contributed by atoms with Crippen molar-refractivity contribution in [1.82, 2.24) is 4.98 Å². The molecular formula is C13H20N2O2S. The number of aryl methyl sites for hydroxylation is 1.